The number of aromatic nitrogens is 2. The van der Waals surface area contributed by atoms with Crippen LogP contribution in [-0.4, -0.2) is 41.6 Å². The Hall–Kier alpha value is -1.70. The molecule has 1 aliphatic heterocycles. The molecule has 2 aromatic rings. The normalized spacial score (nSPS) is 19.8. The second kappa shape index (κ2) is 6.82. The Morgan fingerprint density at radius 1 is 1.22 bits per heavy atom. The van der Waals surface area contributed by atoms with Gasteiger partial charge in [-0.15, -0.1) is 0 Å². The molecule has 1 aromatic heterocycles. The van der Waals surface area contributed by atoms with Gasteiger partial charge in [-0.05, 0) is 18.4 Å². The molecule has 0 radical (unpaired) electrons. The Kier molecular flexibility index (Phi) is 4.79. The van der Waals surface area contributed by atoms with Crippen LogP contribution in [0.25, 0.3) is 0 Å². The Bertz CT molecular complexity index is 742. The lowest BCUT2D eigenvalue weighted by Gasteiger charge is -2.33. The molecule has 3 rings (SSSR count). The van der Waals surface area contributed by atoms with Crippen LogP contribution in [0.5, 0.6) is 0 Å². The number of nitrogens with two attached hydrogens (primary N) is 1. The molecule has 7 heteroatoms. The second-order valence-corrected chi connectivity index (χ2v) is 7.75. The van der Waals surface area contributed by atoms with Crippen LogP contribution in [0.2, 0.25) is 0 Å². The van der Waals surface area contributed by atoms with Crippen molar-refractivity contribution in [2.75, 3.05) is 13.1 Å². The van der Waals surface area contributed by atoms with E-state index in [4.69, 9.17) is 5.73 Å². The Morgan fingerprint density at radius 2 is 2.00 bits per heavy atom. The summed E-state index contributed by atoms with van der Waals surface area (Å²) in [5.74, 6) is 0. The van der Waals surface area contributed by atoms with Crippen molar-refractivity contribution in [1.29, 1.82) is 0 Å². The molecule has 0 spiro atoms. The molecule has 2 heterocycles. The van der Waals surface area contributed by atoms with Crippen molar-refractivity contribution in [3.05, 3.63) is 48.3 Å². The molecule has 124 valence electrons. The van der Waals surface area contributed by atoms with E-state index in [2.05, 4.69) is 5.10 Å². The van der Waals surface area contributed by atoms with Gasteiger partial charge in [-0.1, -0.05) is 36.8 Å². The van der Waals surface area contributed by atoms with E-state index in [1.165, 1.54) is 6.20 Å². The second-order valence-electron chi connectivity index (χ2n) is 5.86. The van der Waals surface area contributed by atoms with Crippen molar-refractivity contribution in [2.45, 2.75) is 36.7 Å². The maximum atomic E-state index is 12.8. The van der Waals surface area contributed by atoms with E-state index in [1.807, 2.05) is 30.3 Å². The van der Waals surface area contributed by atoms with Gasteiger partial charge in [0.2, 0.25) is 10.0 Å². The largest absolute Gasteiger partial charge is 0.329 e. The summed E-state index contributed by atoms with van der Waals surface area (Å²) in [7, 11) is -3.52. The van der Waals surface area contributed by atoms with Crippen LogP contribution in [0.15, 0.2) is 47.6 Å². The minimum atomic E-state index is -3.52. The molecule has 1 aliphatic rings. The maximum absolute atomic E-state index is 12.8. The lowest BCUT2D eigenvalue weighted by Crippen LogP contribution is -2.47. The van der Waals surface area contributed by atoms with E-state index in [1.54, 1.807) is 15.2 Å². The van der Waals surface area contributed by atoms with Gasteiger partial charge in [0.25, 0.3) is 0 Å². The number of piperidine rings is 1. The topological polar surface area (TPSA) is 81.2 Å². The number of hydrogen-bond donors (Lipinski definition) is 1. The molecule has 23 heavy (non-hydrogen) atoms. The fourth-order valence-electron chi connectivity index (χ4n) is 3.00. The molecule has 1 atom stereocenters. The maximum Gasteiger partial charge on any atom is 0.246 e. The van der Waals surface area contributed by atoms with E-state index in [-0.39, 0.29) is 10.9 Å². The molecular formula is C16H22N4O2S. The Labute approximate surface area is 137 Å². The van der Waals surface area contributed by atoms with Crippen LogP contribution < -0.4 is 5.73 Å². The summed E-state index contributed by atoms with van der Waals surface area (Å²) in [5, 5.41) is 4.20. The van der Waals surface area contributed by atoms with Gasteiger partial charge in [0.05, 0.1) is 12.7 Å². The van der Waals surface area contributed by atoms with Crippen molar-refractivity contribution >= 4 is 10.0 Å². The average molecular weight is 334 g/mol. The first-order chi connectivity index (χ1) is 11.1. The molecule has 0 amide bonds. The fraction of sp³-hybridized carbons (Fsp3) is 0.438. The van der Waals surface area contributed by atoms with Crippen molar-refractivity contribution in [2.24, 2.45) is 5.73 Å². The van der Waals surface area contributed by atoms with E-state index in [0.29, 0.717) is 19.6 Å². The van der Waals surface area contributed by atoms with E-state index >= 15 is 0 Å². The molecule has 2 N–H and O–H groups in total. The molecule has 1 fully saturated rings. The number of sulfonamides is 1. The molecule has 1 aromatic carbocycles. The number of rotatable bonds is 5. The Morgan fingerprint density at radius 3 is 2.74 bits per heavy atom. The molecule has 6 nitrogen and oxygen atoms in total. The first-order valence-electron chi connectivity index (χ1n) is 7.89. The first-order valence-corrected chi connectivity index (χ1v) is 9.33. The summed E-state index contributed by atoms with van der Waals surface area (Å²) in [6.45, 7) is 1.45. The monoisotopic (exact) mass is 334 g/mol. The minimum absolute atomic E-state index is 0.105. The summed E-state index contributed by atoms with van der Waals surface area (Å²) in [6, 6.07) is 9.74. The van der Waals surface area contributed by atoms with Crippen molar-refractivity contribution in [3.63, 3.8) is 0 Å². The van der Waals surface area contributed by atoms with Gasteiger partial charge in [0.15, 0.2) is 0 Å². The quantitative estimate of drug-likeness (QED) is 0.897. The van der Waals surface area contributed by atoms with Crippen LogP contribution in [0.1, 0.15) is 24.8 Å². The predicted molar refractivity (Wildman–Crippen MR) is 88.4 cm³/mol. The summed E-state index contributed by atoms with van der Waals surface area (Å²) >= 11 is 0. The lowest BCUT2D eigenvalue weighted by molar-refractivity contribution is 0.257. The van der Waals surface area contributed by atoms with Gasteiger partial charge in [0, 0.05) is 25.3 Å². The molecule has 0 aliphatic carbocycles. The molecule has 0 bridgehead atoms. The summed E-state index contributed by atoms with van der Waals surface area (Å²) < 4.78 is 28.9. The first kappa shape index (κ1) is 16.2. The Balaban J connectivity index is 1.81. The SMILES string of the molecule is NCC1CCCCN1S(=O)(=O)c1cnn(Cc2ccccc2)c1. The summed E-state index contributed by atoms with van der Waals surface area (Å²) in [6.07, 6.45) is 5.77. The van der Waals surface area contributed by atoms with Gasteiger partial charge in [-0.3, -0.25) is 4.68 Å². The van der Waals surface area contributed by atoms with Gasteiger partial charge in [0.1, 0.15) is 4.90 Å². The lowest BCUT2D eigenvalue weighted by atomic mass is 10.1. The van der Waals surface area contributed by atoms with E-state index < -0.39 is 10.0 Å². The zero-order valence-electron chi connectivity index (χ0n) is 13.0. The van der Waals surface area contributed by atoms with E-state index in [9.17, 15) is 8.42 Å². The van der Waals surface area contributed by atoms with Crippen molar-refractivity contribution in [1.82, 2.24) is 14.1 Å². The predicted octanol–water partition coefficient (Wildman–Crippen LogP) is 1.43. The molecule has 1 unspecified atom stereocenters. The smallest absolute Gasteiger partial charge is 0.246 e. The minimum Gasteiger partial charge on any atom is -0.329 e. The molecule has 0 saturated carbocycles. The van der Waals surface area contributed by atoms with Crippen LogP contribution in [0.3, 0.4) is 0 Å². The van der Waals surface area contributed by atoms with Crippen LogP contribution >= 0.6 is 0 Å². The van der Waals surface area contributed by atoms with Gasteiger partial charge >= 0.3 is 0 Å². The standard InChI is InChI=1S/C16H22N4O2S/c17-10-15-8-4-5-9-20(15)23(21,22)16-11-18-19(13-16)12-14-6-2-1-3-7-14/h1-3,6-7,11,13,15H,4-5,8-10,12,17H2. The number of benzene rings is 1. The third-order valence-electron chi connectivity index (χ3n) is 4.25. The highest BCUT2D eigenvalue weighted by molar-refractivity contribution is 7.89. The highest BCUT2D eigenvalue weighted by atomic mass is 32.2. The van der Waals surface area contributed by atoms with Crippen molar-refractivity contribution < 1.29 is 8.42 Å². The van der Waals surface area contributed by atoms with Gasteiger partial charge < -0.3 is 5.73 Å². The van der Waals surface area contributed by atoms with Crippen molar-refractivity contribution in [3.8, 4) is 0 Å². The number of nitrogens with zero attached hydrogens (tertiary/aromatic N) is 3. The summed E-state index contributed by atoms with van der Waals surface area (Å²) in [5.41, 5.74) is 6.83. The third kappa shape index (κ3) is 3.46. The third-order valence-corrected chi connectivity index (χ3v) is 6.15. The van der Waals surface area contributed by atoms with Crippen LogP contribution in [0, 0.1) is 0 Å². The van der Waals surface area contributed by atoms with Gasteiger partial charge in [-0.2, -0.15) is 9.40 Å². The molecular weight excluding hydrogens is 312 g/mol. The number of hydrogen-bond acceptors (Lipinski definition) is 4. The van der Waals surface area contributed by atoms with E-state index in [0.717, 1.165) is 24.8 Å². The average Bonchev–Trinajstić information content (AvgIpc) is 3.05. The molecule has 1 saturated heterocycles. The van der Waals surface area contributed by atoms with Crippen LogP contribution in [0.4, 0.5) is 0 Å². The van der Waals surface area contributed by atoms with Crippen LogP contribution in [-0.2, 0) is 16.6 Å². The zero-order chi connectivity index (χ0) is 16.3. The highest BCUT2D eigenvalue weighted by Crippen LogP contribution is 2.24. The zero-order valence-corrected chi connectivity index (χ0v) is 13.8. The van der Waals surface area contributed by atoms with Gasteiger partial charge in [-0.25, -0.2) is 8.42 Å². The fourth-order valence-corrected chi connectivity index (χ4v) is 4.66. The highest BCUT2D eigenvalue weighted by Gasteiger charge is 2.33. The summed E-state index contributed by atoms with van der Waals surface area (Å²) in [4.78, 5) is 0.244.